The third-order valence-corrected chi connectivity index (χ3v) is 9.84. The summed E-state index contributed by atoms with van der Waals surface area (Å²) in [5.74, 6) is -2.32. The molecule has 3 amide bonds. The molecule has 3 unspecified atom stereocenters. The topological polar surface area (TPSA) is 90.4 Å². The summed E-state index contributed by atoms with van der Waals surface area (Å²) in [5, 5.41) is 9.50. The molecule has 0 aliphatic carbocycles. The molecule has 3 aliphatic heterocycles. The van der Waals surface area contributed by atoms with Gasteiger partial charge in [0.15, 0.2) is 0 Å². The molecule has 8 nitrogen and oxygen atoms in total. The van der Waals surface area contributed by atoms with Crippen molar-refractivity contribution in [3.63, 3.8) is 0 Å². The number of hydrogen-bond donors (Lipinski definition) is 1. The quantitative estimate of drug-likeness (QED) is 0.207. The lowest BCUT2D eigenvalue weighted by molar-refractivity contribution is -0.140. The highest BCUT2D eigenvalue weighted by Gasteiger charge is 2.77. The molecule has 1 N–H and O–H groups in total. The molecule has 3 aliphatic rings. The molecule has 5 rings (SSSR count). The van der Waals surface area contributed by atoms with Crippen molar-refractivity contribution >= 4 is 45.0 Å². The number of rotatable bonds is 12. The number of carbonyl (C=O) groups excluding carboxylic acids is 3. The molecule has 3 heterocycles. The average Bonchev–Trinajstić information content (AvgIpc) is 3.59. The number of fused-ring (bicyclic) bond motifs is 1. The Morgan fingerprint density at radius 3 is 2.44 bits per heavy atom. The number of nitrogens with zero attached hydrogens (tertiary/aromatic N) is 3. The minimum Gasteiger partial charge on any atom is -0.396 e. The van der Waals surface area contributed by atoms with E-state index in [2.05, 4.69) is 29.1 Å². The van der Waals surface area contributed by atoms with Crippen molar-refractivity contribution in [3.8, 4) is 0 Å². The van der Waals surface area contributed by atoms with Crippen LogP contribution in [0, 0.1) is 25.7 Å². The van der Waals surface area contributed by atoms with E-state index in [0.717, 1.165) is 16.8 Å². The standard InChI is InChI=1S/C34H40BrN3O5/c1-5-16-36(24-12-8-7-9-13-24)31(40)27-28-32(41)38(18-10-11-19-39)30(34(28)21-25(35)29(27)43-34)33(42)37(17-6-2)26-20-22(3)14-15-23(26)4/h5-9,12-15,20,25,27-30,39H,1-2,10-11,16-19,21H2,3-4H3/t25?,27-,28+,29-,30?,34?/m1/s1. The van der Waals surface area contributed by atoms with Crippen molar-refractivity contribution in [1.29, 1.82) is 0 Å². The van der Waals surface area contributed by atoms with Crippen molar-refractivity contribution in [3.05, 3.63) is 85.0 Å². The summed E-state index contributed by atoms with van der Waals surface area (Å²) >= 11 is 3.77. The lowest BCUT2D eigenvalue weighted by Crippen LogP contribution is -2.57. The van der Waals surface area contributed by atoms with Crippen molar-refractivity contribution in [1.82, 2.24) is 4.90 Å². The Kier molecular flexibility index (Phi) is 9.25. The van der Waals surface area contributed by atoms with E-state index in [1.807, 2.05) is 62.4 Å². The fourth-order valence-corrected chi connectivity index (χ4v) is 8.10. The van der Waals surface area contributed by atoms with Gasteiger partial charge in [-0.2, -0.15) is 0 Å². The van der Waals surface area contributed by atoms with Crippen molar-refractivity contribution in [2.24, 2.45) is 11.8 Å². The van der Waals surface area contributed by atoms with Gasteiger partial charge < -0.3 is 24.5 Å². The molecule has 0 aromatic heterocycles. The van der Waals surface area contributed by atoms with Gasteiger partial charge in [0.1, 0.15) is 11.6 Å². The number of benzene rings is 2. The third kappa shape index (κ3) is 5.36. The van der Waals surface area contributed by atoms with Crippen LogP contribution in [0.2, 0.25) is 0 Å². The largest absolute Gasteiger partial charge is 0.396 e. The van der Waals surface area contributed by atoms with E-state index in [1.165, 1.54) is 0 Å². The minimum absolute atomic E-state index is 0.0168. The molecule has 1 spiro atoms. The predicted molar refractivity (Wildman–Crippen MR) is 171 cm³/mol. The highest BCUT2D eigenvalue weighted by molar-refractivity contribution is 9.09. The number of aliphatic hydroxyl groups excluding tert-OH is 1. The minimum atomic E-state index is -1.18. The number of aryl methyl sites for hydroxylation is 2. The van der Waals surface area contributed by atoms with Crippen molar-refractivity contribution < 1.29 is 24.2 Å². The average molecular weight is 651 g/mol. The van der Waals surface area contributed by atoms with Crippen LogP contribution in [0.1, 0.15) is 30.4 Å². The van der Waals surface area contributed by atoms with Crippen LogP contribution in [-0.2, 0) is 19.1 Å². The normalized spacial score (nSPS) is 27.2. The molecule has 3 fully saturated rings. The Balaban J connectivity index is 1.59. The van der Waals surface area contributed by atoms with Gasteiger partial charge >= 0.3 is 0 Å². The number of anilines is 2. The van der Waals surface area contributed by atoms with Gasteiger partial charge in [-0.1, -0.05) is 58.4 Å². The second kappa shape index (κ2) is 12.8. The second-order valence-electron chi connectivity index (χ2n) is 11.7. The van der Waals surface area contributed by atoms with E-state index in [1.54, 1.807) is 26.9 Å². The van der Waals surface area contributed by atoms with Crippen LogP contribution < -0.4 is 9.80 Å². The highest BCUT2D eigenvalue weighted by atomic mass is 79.9. The van der Waals surface area contributed by atoms with Gasteiger partial charge in [0, 0.05) is 42.4 Å². The van der Waals surface area contributed by atoms with Crippen LogP contribution >= 0.6 is 15.9 Å². The Morgan fingerprint density at radius 2 is 1.77 bits per heavy atom. The number of likely N-dealkylation sites (tertiary alicyclic amines) is 1. The van der Waals surface area contributed by atoms with Crippen LogP contribution in [0.4, 0.5) is 11.4 Å². The van der Waals surface area contributed by atoms with Crippen LogP contribution in [0.5, 0.6) is 0 Å². The Hall–Kier alpha value is -3.27. The third-order valence-electron chi connectivity index (χ3n) is 8.99. The molecular formula is C34H40BrN3O5. The number of unbranched alkanes of at least 4 members (excludes halogenated alkanes) is 1. The zero-order valence-electron chi connectivity index (χ0n) is 24.8. The fourth-order valence-electron chi connectivity index (χ4n) is 7.16. The summed E-state index contributed by atoms with van der Waals surface area (Å²) < 4.78 is 6.75. The predicted octanol–water partition coefficient (Wildman–Crippen LogP) is 4.56. The van der Waals surface area contributed by atoms with Crippen LogP contribution in [0.25, 0.3) is 0 Å². The molecular weight excluding hydrogens is 610 g/mol. The summed E-state index contributed by atoms with van der Waals surface area (Å²) in [6, 6.07) is 14.3. The molecule has 9 heteroatoms. The lowest BCUT2D eigenvalue weighted by Gasteiger charge is -2.37. The zero-order valence-corrected chi connectivity index (χ0v) is 26.4. The molecule has 2 aromatic carbocycles. The SMILES string of the molecule is C=CCN(C(=O)[C@H]1[C@@H]2OC3(CC2Br)C(C(=O)N(CC=C)c2cc(C)ccc2C)N(CCCCO)C(=O)[C@H]13)c1ccccc1. The maximum atomic E-state index is 14.8. The van der Waals surface area contributed by atoms with E-state index in [-0.39, 0.29) is 48.8 Å². The molecule has 0 saturated carbocycles. The highest BCUT2D eigenvalue weighted by Crippen LogP contribution is 2.60. The summed E-state index contributed by atoms with van der Waals surface area (Å²) in [5.41, 5.74) is 2.22. The summed E-state index contributed by atoms with van der Waals surface area (Å²) in [4.78, 5) is 48.4. The molecule has 2 aromatic rings. The maximum absolute atomic E-state index is 14.8. The lowest BCUT2D eigenvalue weighted by atomic mass is 9.70. The van der Waals surface area contributed by atoms with Crippen molar-refractivity contribution in [2.45, 2.75) is 55.7 Å². The van der Waals surface area contributed by atoms with Gasteiger partial charge in [0.25, 0.3) is 5.91 Å². The Morgan fingerprint density at radius 1 is 1.07 bits per heavy atom. The van der Waals surface area contributed by atoms with Gasteiger partial charge in [-0.25, -0.2) is 0 Å². The first-order chi connectivity index (χ1) is 20.7. The zero-order chi connectivity index (χ0) is 30.9. The molecule has 228 valence electrons. The summed E-state index contributed by atoms with van der Waals surface area (Å²) in [7, 11) is 0. The van der Waals surface area contributed by atoms with E-state index in [0.29, 0.717) is 24.9 Å². The molecule has 3 saturated heterocycles. The first-order valence-electron chi connectivity index (χ1n) is 14.9. The number of carbonyl (C=O) groups is 3. The molecule has 2 bridgehead atoms. The first kappa shape index (κ1) is 31.2. The van der Waals surface area contributed by atoms with E-state index < -0.39 is 29.6 Å². The Labute approximate surface area is 262 Å². The van der Waals surface area contributed by atoms with E-state index in [9.17, 15) is 19.5 Å². The monoisotopic (exact) mass is 649 g/mol. The van der Waals surface area contributed by atoms with Gasteiger partial charge in [0.2, 0.25) is 11.8 Å². The first-order valence-corrected chi connectivity index (χ1v) is 15.8. The van der Waals surface area contributed by atoms with Gasteiger partial charge in [-0.3, -0.25) is 14.4 Å². The van der Waals surface area contributed by atoms with Crippen LogP contribution in [-0.4, -0.2) is 76.5 Å². The van der Waals surface area contributed by atoms with Gasteiger partial charge in [-0.05, 0) is 62.4 Å². The number of halogens is 1. The van der Waals surface area contributed by atoms with E-state index in [4.69, 9.17) is 4.74 Å². The van der Waals surface area contributed by atoms with Gasteiger partial charge in [0.05, 0.1) is 17.9 Å². The Bertz CT molecular complexity index is 1400. The molecule has 6 atom stereocenters. The second-order valence-corrected chi connectivity index (χ2v) is 12.9. The maximum Gasteiger partial charge on any atom is 0.253 e. The number of aliphatic hydroxyl groups is 1. The molecule has 43 heavy (non-hydrogen) atoms. The number of amides is 3. The van der Waals surface area contributed by atoms with Crippen LogP contribution in [0.3, 0.4) is 0 Å². The van der Waals surface area contributed by atoms with E-state index >= 15 is 0 Å². The van der Waals surface area contributed by atoms with Crippen molar-refractivity contribution in [2.75, 3.05) is 36.0 Å². The number of ether oxygens (including phenoxy) is 1. The van der Waals surface area contributed by atoms with Crippen LogP contribution in [0.15, 0.2) is 73.8 Å². The fraction of sp³-hybridized carbons (Fsp3) is 0.441. The summed E-state index contributed by atoms with van der Waals surface area (Å²) in [6.45, 7) is 12.5. The number of hydrogen-bond acceptors (Lipinski definition) is 5. The number of para-hydroxylation sites is 1. The smallest absolute Gasteiger partial charge is 0.253 e. The molecule has 0 radical (unpaired) electrons. The number of alkyl halides is 1. The van der Waals surface area contributed by atoms with Gasteiger partial charge in [-0.15, -0.1) is 13.2 Å². The summed E-state index contributed by atoms with van der Waals surface area (Å²) in [6.07, 6.45) is 4.21.